The van der Waals surface area contributed by atoms with E-state index in [0.29, 0.717) is 5.69 Å². The van der Waals surface area contributed by atoms with Gasteiger partial charge in [-0.25, -0.2) is 27.1 Å². The number of aromatic hydroxyl groups is 5. The number of carbonyl (C=O) groups is 2. The van der Waals surface area contributed by atoms with Gasteiger partial charge in [0, 0.05) is 39.9 Å². The summed E-state index contributed by atoms with van der Waals surface area (Å²) in [4.78, 5) is 22.7. The SMILES string of the molecule is CC(=O)C(N=Nc1ccc2cc(S(O)(O)O)c(N=Nc3cc(S(N)(=O)=O)ccc3O)c(O)c2c1)C(=O)Nc1ccccc1.Nc1cc(O)ccc1N=Nc1ccc2cc(S(O)(O)O)c(N=Nc3cc(S(N)(=O)=O)ccc3O)c(O)c2c1.[CH3-].[Cr]. The van der Waals surface area contributed by atoms with Gasteiger partial charge in [-0.3, -0.25) is 9.59 Å². The van der Waals surface area contributed by atoms with Crippen LogP contribution in [0.2, 0.25) is 0 Å². The molecule has 0 saturated heterocycles. The van der Waals surface area contributed by atoms with Gasteiger partial charge in [-0.05, 0) is 115 Å². The zero-order valence-corrected chi connectivity index (χ0v) is 47.0. The van der Waals surface area contributed by atoms with Crippen LogP contribution in [-0.4, -0.2) is 87.4 Å². The predicted molar refractivity (Wildman–Crippen MR) is 303 cm³/mol. The van der Waals surface area contributed by atoms with Crippen molar-refractivity contribution in [1.82, 2.24) is 0 Å². The number of nitrogens with zero attached hydrogens (tertiary/aromatic N) is 8. The molecule has 0 aliphatic rings. The molecule has 0 aliphatic heterocycles. The topological polar surface area (TPSA) is 514 Å². The summed E-state index contributed by atoms with van der Waals surface area (Å²) in [6.45, 7) is 1.17. The minimum Gasteiger partial charge on any atom is -0.508 e. The number of para-hydroxylation sites is 1. The Bertz CT molecular complexity index is 4170. The summed E-state index contributed by atoms with van der Waals surface area (Å²) in [5.74, 6) is -3.72. The van der Waals surface area contributed by atoms with Crippen LogP contribution in [0, 0.1) is 7.43 Å². The van der Waals surface area contributed by atoms with Gasteiger partial charge < -0.3 is 71.3 Å². The molecule has 8 rings (SSSR count). The summed E-state index contributed by atoms with van der Waals surface area (Å²) in [7, 11) is -17.2. The van der Waals surface area contributed by atoms with Crippen molar-refractivity contribution in [3.63, 3.8) is 0 Å². The van der Waals surface area contributed by atoms with Crippen LogP contribution in [0.1, 0.15) is 6.92 Å². The first-order chi connectivity index (χ1) is 37.9. The Morgan fingerprint density at radius 3 is 1.39 bits per heavy atom. The van der Waals surface area contributed by atoms with E-state index < -0.39 is 114 Å². The van der Waals surface area contributed by atoms with Gasteiger partial charge in [-0.1, -0.05) is 30.3 Å². The van der Waals surface area contributed by atoms with Crippen molar-refractivity contribution in [2.24, 2.45) is 51.2 Å². The fraction of sp³-hybridized carbons (Fsp3) is 0.0408. The zero-order chi connectivity index (χ0) is 59.4. The molecule has 0 aliphatic carbocycles. The molecule has 0 aromatic heterocycles. The summed E-state index contributed by atoms with van der Waals surface area (Å²) >= 11 is 0. The van der Waals surface area contributed by atoms with E-state index in [-0.39, 0.29) is 85.4 Å². The number of nitrogens with one attached hydrogen (secondary N) is 1. The van der Waals surface area contributed by atoms with E-state index >= 15 is 0 Å². The first kappa shape index (κ1) is 65.2. The first-order valence-corrected chi connectivity index (χ1v) is 28.4. The summed E-state index contributed by atoms with van der Waals surface area (Å²) in [6, 6.07) is 27.5. The second kappa shape index (κ2) is 26.1. The molecule has 18 N–H and O–H groups in total. The molecule has 0 fully saturated rings. The number of primary sulfonamides is 2. The van der Waals surface area contributed by atoms with Gasteiger partial charge in [0.1, 0.15) is 67.4 Å². The number of anilines is 2. The van der Waals surface area contributed by atoms with Crippen molar-refractivity contribution < 1.29 is 96.6 Å². The number of carbonyl (C=O) groups excluding carboxylic acids is 2. The molecule has 0 saturated carbocycles. The number of hydrogen-bond donors (Lipinski definition) is 15. The van der Waals surface area contributed by atoms with Crippen molar-refractivity contribution in [2.75, 3.05) is 11.1 Å². The van der Waals surface area contributed by atoms with Crippen molar-refractivity contribution in [2.45, 2.75) is 32.5 Å². The van der Waals surface area contributed by atoms with E-state index in [2.05, 4.69) is 46.2 Å². The Morgan fingerprint density at radius 1 is 0.518 bits per heavy atom. The van der Waals surface area contributed by atoms with Crippen LogP contribution in [0.5, 0.6) is 28.7 Å². The van der Waals surface area contributed by atoms with Crippen molar-refractivity contribution in [1.29, 1.82) is 0 Å². The molecule has 8 aromatic rings. The normalized spacial score (nSPS) is 12.9. The molecule has 34 heteroatoms. The molecular formula is C49H47CrN12O17S4-. The number of nitrogens with two attached hydrogens (primary N) is 3. The zero-order valence-electron chi connectivity index (χ0n) is 42.5. The number of benzene rings is 8. The standard InChI is InChI=1S/C26H24N6O9S2.C22H20N6O8S2.CH3.Cr/c1-14(33)23(26(36)28-16-5-3-2-4-6-16)31-29-17-8-7-15-11-22(43(39,40)41)24(25(35)19(15)12-17)32-30-20-13-18(42(27,37)38)9-10-21(20)34;23-16-9-13(29)3-5-17(16)26-25-12-2-1-11-7-20(38(34,35)36)21(22(31)15(11)8-12)28-27-18-10-14(37(24,32)33)4-6-19(18)30;;/h2-13,23,34-35,39-41H,1H3,(H,28,36)(H2,27,37,38);1-10,29-31,34-36H,23H2,(H2,24,32,33);1H3;/q;;-1;. The minimum atomic E-state index is -4.49. The van der Waals surface area contributed by atoms with E-state index in [1.165, 1.54) is 61.5 Å². The second-order valence-corrected chi connectivity index (χ2v) is 22.9. The Morgan fingerprint density at radius 2 is 0.964 bits per heavy atom. The number of ketones is 1. The van der Waals surface area contributed by atoms with Crippen LogP contribution >= 0.6 is 21.7 Å². The molecule has 0 bridgehead atoms. The Balaban J connectivity index is 0.000000299. The summed E-state index contributed by atoms with van der Waals surface area (Å²) in [6.07, 6.45) is 0. The molecule has 83 heavy (non-hydrogen) atoms. The smallest absolute Gasteiger partial charge is 0.258 e. The average Bonchev–Trinajstić information content (AvgIpc) is 2.50. The van der Waals surface area contributed by atoms with Crippen LogP contribution in [0.3, 0.4) is 0 Å². The molecular weight excluding hydrogens is 1210 g/mol. The number of Topliss-reactive ketones (excluding diaryl/α,β-unsaturated/α-hetero) is 1. The average molecular weight is 1260 g/mol. The van der Waals surface area contributed by atoms with E-state index in [1.54, 1.807) is 30.3 Å². The molecule has 0 radical (unpaired) electrons. The van der Waals surface area contributed by atoms with Crippen molar-refractivity contribution >= 4 is 126 Å². The molecule has 0 spiro atoms. The number of rotatable bonds is 15. The number of phenolic OH excluding ortho intramolecular Hbond substituents is 5. The fourth-order valence-corrected chi connectivity index (χ4v) is 9.47. The van der Waals surface area contributed by atoms with Crippen LogP contribution in [0.25, 0.3) is 21.5 Å². The first-order valence-electron chi connectivity index (χ1n) is 22.3. The van der Waals surface area contributed by atoms with E-state index in [4.69, 9.17) is 16.0 Å². The van der Waals surface area contributed by atoms with Gasteiger partial charge in [0.05, 0.1) is 36.6 Å². The van der Waals surface area contributed by atoms with Gasteiger partial charge in [-0.2, -0.15) is 15.3 Å². The Hall–Kier alpha value is -8.57. The van der Waals surface area contributed by atoms with Crippen LogP contribution < -0.4 is 21.3 Å². The maximum absolute atomic E-state index is 12.6. The van der Waals surface area contributed by atoms with Gasteiger partial charge in [0.15, 0.2) is 17.3 Å². The molecule has 436 valence electrons. The summed E-state index contributed by atoms with van der Waals surface area (Å²) in [5, 5.41) is 95.6. The maximum atomic E-state index is 12.6. The number of azo groups is 4. The third kappa shape index (κ3) is 16.1. The third-order valence-corrected chi connectivity index (χ3v) is 14.6. The van der Waals surface area contributed by atoms with E-state index in [9.17, 15) is 79.3 Å². The number of amides is 1. The largest absolute Gasteiger partial charge is 0.508 e. The summed E-state index contributed by atoms with van der Waals surface area (Å²) in [5.41, 5.74) is 5.03. The number of nitrogen functional groups attached to an aromatic ring is 1. The van der Waals surface area contributed by atoms with E-state index in [1.807, 2.05) is 0 Å². The molecule has 8 aromatic carbocycles. The number of sulfonamides is 2. The monoisotopic (exact) mass is 1260 g/mol. The van der Waals surface area contributed by atoms with Gasteiger partial charge in [-0.15, -0.1) is 25.6 Å². The second-order valence-electron chi connectivity index (χ2n) is 16.8. The van der Waals surface area contributed by atoms with Crippen molar-refractivity contribution in [3.05, 3.63) is 141 Å². The molecule has 0 heterocycles. The number of fused-ring (bicyclic) bond motifs is 2. The van der Waals surface area contributed by atoms with Crippen LogP contribution in [0.15, 0.2) is 194 Å². The van der Waals surface area contributed by atoms with Gasteiger partial charge in [0.25, 0.3) is 5.91 Å². The van der Waals surface area contributed by atoms with Crippen LogP contribution in [0.4, 0.5) is 51.2 Å². The van der Waals surface area contributed by atoms with Crippen molar-refractivity contribution in [3.8, 4) is 28.7 Å². The van der Waals surface area contributed by atoms with E-state index in [0.717, 1.165) is 48.5 Å². The molecule has 29 nitrogen and oxygen atoms in total. The Labute approximate surface area is 484 Å². The summed E-state index contributed by atoms with van der Waals surface area (Å²) < 4.78 is 106. The number of phenols is 5. The molecule has 1 unspecified atom stereocenters. The molecule has 1 amide bonds. The fourth-order valence-electron chi connectivity index (χ4n) is 7.04. The Kier molecular flexibility index (Phi) is 20.5. The minimum absolute atomic E-state index is 0. The third-order valence-electron chi connectivity index (χ3n) is 11.0. The van der Waals surface area contributed by atoms with Crippen LogP contribution in [-0.2, 0) is 47.0 Å². The number of hydrogen-bond acceptors (Lipinski definition) is 26. The molecule has 1 atom stereocenters. The van der Waals surface area contributed by atoms with Gasteiger partial charge >= 0.3 is 0 Å². The predicted octanol–water partition coefficient (Wildman–Crippen LogP) is 11.6. The maximum Gasteiger partial charge on any atom is 0.258 e. The van der Waals surface area contributed by atoms with Gasteiger partial charge in [0.2, 0.25) is 26.1 Å². The quantitative estimate of drug-likeness (QED) is 0.0196.